The molecule has 0 bridgehead atoms. The fourth-order valence-electron chi connectivity index (χ4n) is 3.80. The second kappa shape index (κ2) is 7.01. The summed E-state index contributed by atoms with van der Waals surface area (Å²) in [5.74, 6) is 2.77. The van der Waals surface area contributed by atoms with E-state index in [0.29, 0.717) is 23.8 Å². The molecule has 24 heavy (non-hydrogen) atoms. The van der Waals surface area contributed by atoms with Gasteiger partial charge in [0.1, 0.15) is 0 Å². The van der Waals surface area contributed by atoms with Crippen molar-refractivity contribution in [3.05, 3.63) is 41.8 Å². The van der Waals surface area contributed by atoms with Crippen LogP contribution in [0, 0.1) is 5.92 Å². The molecule has 2 aliphatic rings. The van der Waals surface area contributed by atoms with Gasteiger partial charge in [-0.3, -0.25) is 10.3 Å². The van der Waals surface area contributed by atoms with Gasteiger partial charge in [0.15, 0.2) is 5.82 Å². The molecule has 0 amide bonds. The molecule has 128 valence electrons. The predicted molar refractivity (Wildman–Crippen MR) is 91.4 cm³/mol. The average molecular weight is 326 g/mol. The Morgan fingerprint density at radius 3 is 2.71 bits per heavy atom. The van der Waals surface area contributed by atoms with E-state index in [1.807, 2.05) is 18.5 Å². The highest BCUT2D eigenvalue weighted by Gasteiger charge is 2.31. The Balaban J connectivity index is 1.51. The number of hydrogen-bond acceptors (Lipinski definition) is 5. The lowest BCUT2D eigenvalue weighted by Gasteiger charge is -2.32. The van der Waals surface area contributed by atoms with Gasteiger partial charge in [-0.05, 0) is 50.2 Å². The lowest BCUT2D eigenvalue weighted by atomic mass is 9.81. The van der Waals surface area contributed by atoms with Gasteiger partial charge in [0.25, 0.3) is 0 Å². The van der Waals surface area contributed by atoms with E-state index < -0.39 is 0 Å². The van der Waals surface area contributed by atoms with Crippen molar-refractivity contribution in [1.82, 2.24) is 20.4 Å². The molecule has 5 heteroatoms. The standard InChI is InChI=1S/C19H26N4O/c1-13(19-22-18(23-24-19)15-9-10-15)21-17(14-6-3-2-4-7-14)16-8-5-11-20-12-16/h5,8,11-15,17,21H,2-4,6-7,9-10H2,1H3/t13-,17+/m1/s1. The molecule has 0 saturated heterocycles. The van der Waals surface area contributed by atoms with Crippen molar-refractivity contribution in [2.24, 2.45) is 5.92 Å². The molecule has 2 aromatic heterocycles. The zero-order valence-corrected chi connectivity index (χ0v) is 14.3. The van der Waals surface area contributed by atoms with Gasteiger partial charge in [0.05, 0.1) is 6.04 Å². The van der Waals surface area contributed by atoms with Crippen molar-refractivity contribution in [1.29, 1.82) is 0 Å². The predicted octanol–water partition coefficient (Wildman–Crippen LogP) is 4.31. The van der Waals surface area contributed by atoms with Crippen LogP contribution in [0.25, 0.3) is 0 Å². The monoisotopic (exact) mass is 326 g/mol. The fraction of sp³-hybridized carbons (Fsp3) is 0.632. The first-order chi connectivity index (χ1) is 11.8. The molecule has 4 rings (SSSR count). The third-order valence-electron chi connectivity index (χ3n) is 5.36. The number of hydrogen-bond donors (Lipinski definition) is 1. The molecule has 0 aliphatic heterocycles. The minimum Gasteiger partial charge on any atom is -0.338 e. The Bertz CT molecular complexity index is 646. The molecule has 2 heterocycles. The number of nitrogens with zero attached hydrogens (tertiary/aromatic N) is 3. The third-order valence-corrected chi connectivity index (χ3v) is 5.36. The topological polar surface area (TPSA) is 63.8 Å². The minimum absolute atomic E-state index is 0.0529. The second-order valence-corrected chi connectivity index (χ2v) is 7.32. The van der Waals surface area contributed by atoms with Crippen LogP contribution in [0.3, 0.4) is 0 Å². The van der Waals surface area contributed by atoms with Gasteiger partial charge in [-0.1, -0.05) is 30.5 Å². The maximum atomic E-state index is 5.51. The average Bonchev–Trinajstić information content (AvgIpc) is 3.38. The van der Waals surface area contributed by atoms with Crippen LogP contribution in [0.5, 0.6) is 0 Å². The van der Waals surface area contributed by atoms with Gasteiger partial charge in [-0.2, -0.15) is 4.98 Å². The molecule has 0 radical (unpaired) electrons. The Labute approximate surface area is 143 Å². The summed E-state index contributed by atoms with van der Waals surface area (Å²) in [6.45, 7) is 2.12. The molecule has 2 fully saturated rings. The molecule has 5 nitrogen and oxygen atoms in total. The summed E-state index contributed by atoms with van der Waals surface area (Å²) in [6.07, 6.45) is 12.8. The smallest absolute Gasteiger partial charge is 0.243 e. The van der Waals surface area contributed by atoms with E-state index in [1.165, 1.54) is 50.5 Å². The summed E-state index contributed by atoms with van der Waals surface area (Å²) in [4.78, 5) is 8.93. The quantitative estimate of drug-likeness (QED) is 0.856. The highest BCUT2D eigenvalue weighted by atomic mass is 16.5. The normalized spacial score (nSPS) is 21.5. The molecule has 1 N–H and O–H groups in total. The molecule has 0 spiro atoms. The van der Waals surface area contributed by atoms with E-state index in [2.05, 4.69) is 33.4 Å². The second-order valence-electron chi connectivity index (χ2n) is 7.32. The lowest BCUT2D eigenvalue weighted by molar-refractivity contribution is 0.239. The summed E-state index contributed by atoms with van der Waals surface area (Å²) >= 11 is 0. The van der Waals surface area contributed by atoms with Crippen molar-refractivity contribution in [2.45, 2.75) is 69.9 Å². The van der Waals surface area contributed by atoms with Gasteiger partial charge in [-0.15, -0.1) is 0 Å². The molecule has 2 saturated carbocycles. The van der Waals surface area contributed by atoms with Gasteiger partial charge in [0, 0.05) is 24.4 Å². The lowest BCUT2D eigenvalue weighted by Crippen LogP contribution is -2.32. The molecular weight excluding hydrogens is 300 g/mol. The first kappa shape index (κ1) is 15.8. The van der Waals surface area contributed by atoms with E-state index in [4.69, 9.17) is 4.52 Å². The Morgan fingerprint density at radius 2 is 2.00 bits per heavy atom. The summed E-state index contributed by atoms with van der Waals surface area (Å²) in [7, 11) is 0. The Morgan fingerprint density at radius 1 is 1.17 bits per heavy atom. The number of rotatable bonds is 6. The van der Waals surface area contributed by atoms with Crippen molar-refractivity contribution in [3.8, 4) is 0 Å². The van der Waals surface area contributed by atoms with Crippen LogP contribution in [0.4, 0.5) is 0 Å². The third kappa shape index (κ3) is 3.51. The van der Waals surface area contributed by atoms with Crippen LogP contribution in [-0.4, -0.2) is 15.1 Å². The highest BCUT2D eigenvalue weighted by Crippen LogP contribution is 2.39. The number of aromatic nitrogens is 3. The highest BCUT2D eigenvalue weighted by molar-refractivity contribution is 5.16. The van der Waals surface area contributed by atoms with E-state index in [-0.39, 0.29) is 6.04 Å². The first-order valence-electron chi connectivity index (χ1n) is 9.30. The summed E-state index contributed by atoms with van der Waals surface area (Å²) < 4.78 is 5.51. The molecule has 2 atom stereocenters. The van der Waals surface area contributed by atoms with Crippen LogP contribution in [0.15, 0.2) is 29.0 Å². The van der Waals surface area contributed by atoms with Gasteiger partial charge < -0.3 is 4.52 Å². The summed E-state index contributed by atoms with van der Waals surface area (Å²) in [5, 5.41) is 7.91. The zero-order valence-electron chi connectivity index (χ0n) is 14.3. The molecule has 0 aromatic carbocycles. The van der Waals surface area contributed by atoms with E-state index >= 15 is 0 Å². The van der Waals surface area contributed by atoms with E-state index in [1.54, 1.807) is 0 Å². The van der Waals surface area contributed by atoms with Crippen molar-refractivity contribution in [2.75, 3.05) is 0 Å². The van der Waals surface area contributed by atoms with Crippen LogP contribution in [0.1, 0.15) is 87.1 Å². The van der Waals surface area contributed by atoms with Gasteiger partial charge in [0.2, 0.25) is 5.89 Å². The summed E-state index contributed by atoms with van der Waals surface area (Å²) in [5.41, 5.74) is 1.26. The minimum atomic E-state index is 0.0529. The fourth-order valence-corrected chi connectivity index (χ4v) is 3.80. The van der Waals surface area contributed by atoms with Crippen molar-refractivity contribution >= 4 is 0 Å². The van der Waals surface area contributed by atoms with Crippen molar-refractivity contribution in [3.63, 3.8) is 0 Å². The number of pyridine rings is 1. The maximum Gasteiger partial charge on any atom is 0.243 e. The van der Waals surface area contributed by atoms with Crippen molar-refractivity contribution < 1.29 is 4.52 Å². The molecule has 2 aromatic rings. The maximum absolute atomic E-state index is 5.51. The SMILES string of the molecule is C[C@@H](N[C@H](c1cccnc1)C1CCCCC1)c1nc(C2CC2)no1. The van der Waals surface area contributed by atoms with Crippen LogP contribution in [-0.2, 0) is 0 Å². The van der Waals surface area contributed by atoms with Crippen LogP contribution in [0.2, 0.25) is 0 Å². The van der Waals surface area contributed by atoms with Crippen LogP contribution < -0.4 is 5.32 Å². The molecular formula is C19H26N4O. The van der Waals surface area contributed by atoms with E-state index in [0.717, 1.165) is 5.82 Å². The first-order valence-corrected chi connectivity index (χ1v) is 9.30. The van der Waals surface area contributed by atoms with Gasteiger partial charge in [-0.25, -0.2) is 0 Å². The largest absolute Gasteiger partial charge is 0.338 e. The zero-order chi connectivity index (χ0) is 16.4. The Kier molecular flexibility index (Phi) is 4.60. The molecule has 2 aliphatic carbocycles. The van der Waals surface area contributed by atoms with Gasteiger partial charge >= 0.3 is 0 Å². The van der Waals surface area contributed by atoms with E-state index in [9.17, 15) is 0 Å². The number of nitrogens with one attached hydrogen (secondary N) is 1. The Hall–Kier alpha value is -1.75. The summed E-state index contributed by atoms with van der Waals surface area (Å²) in [6, 6.07) is 4.55. The molecule has 0 unspecified atom stereocenters. The van der Waals surface area contributed by atoms with Crippen LogP contribution >= 0.6 is 0 Å².